The van der Waals surface area contributed by atoms with Gasteiger partial charge in [0.15, 0.2) is 0 Å². The van der Waals surface area contributed by atoms with Crippen molar-refractivity contribution in [2.45, 2.75) is 90.5 Å². The molecule has 11 heteroatoms. The summed E-state index contributed by atoms with van der Waals surface area (Å²) >= 11 is 0. The number of carbonyl (C=O) groups is 3. The predicted octanol–water partition coefficient (Wildman–Crippen LogP) is 4.91. The predicted molar refractivity (Wildman–Crippen MR) is 164 cm³/mol. The number of nitrogens with one attached hydrogen (secondary N) is 1. The second-order valence-electron chi connectivity index (χ2n) is 13.2. The van der Waals surface area contributed by atoms with E-state index in [0.717, 1.165) is 32.1 Å². The van der Waals surface area contributed by atoms with E-state index >= 15 is 0 Å². The van der Waals surface area contributed by atoms with Crippen molar-refractivity contribution in [1.82, 2.24) is 20.2 Å². The molecule has 6 atom stereocenters. The van der Waals surface area contributed by atoms with Crippen molar-refractivity contribution >= 4 is 35.1 Å². The standard InChI is InChI=1S/C33H44N4O7/c1-19-12-15-27-22(19)10-8-7-9-11-24-29(35-25-16-20(41-5)13-14-23(25)34-24)43-21-17-26(31(39)42-6)37(18-21)30(38)28(33(2,3)4)36-32(40)44-27/h9,11,13-14,16,19,21-22,26-28H,7-8,10,12,15,17-18H2,1-6H3,(H,36,40)/b11-9+/t19-,21+,22+,26-,27+,28+/m0/s1. The van der Waals surface area contributed by atoms with E-state index in [9.17, 15) is 14.4 Å². The van der Waals surface area contributed by atoms with Crippen molar-refractivity contribution in [1.29, 1.82) is 0 Å². The fourth-order valence-corrected chi connectivity index (χ4v) is 6.61. The number of hydrogen-bond donors (Lipinski definition) is 1. The Bertz CT molecular complexity index is 1420. The molecular formula is C33H44N4O7. The molecule has 0 radical (unpaired) electrons. The number of ether oxygens (including phenoxy) is 4. The first-order valence-corrected chi connectivity index (χ1v) is 15.5. The minimum atomic E-state index is -0.941. The fraction of sp³-hybridized carbons (Fsp3) is 0.606. The topological polar surface area (TPSA) is 129 Å². The van der Waals surface area contributed by atoms with E-state index in [1.54, 1.807) is 13.2 Å². The summed E-state index contributed by atoms with van der Waals surface area (Å²) in [6, 6.07) is 3.65. The zero-order valence-electron chi connectivity index (χ0n) is 26.5. The molecule has 5 rings (SSSR count). The third kappa shape index (κ3) is 6.76. The lowest BCUT2D eigenvalue weighted by molar-refractivity contribution is -0.152. The Morgan fingerprint density at radius 1 is 1.07 bits per heavy atom. The zero-order valence-corrected chi connectivity index (χ0v) is 26.5. The highest BCUT2D eigenvalue weighted by Gasteiger charge is 2.47. The Kier molecular flexibility index (Phi) is 9.31. The number of methoxy groups -OCH3 is 2. The second-order valence-corrected chi connectivity index (χ2v) is 13.2. The van der Waals surface area contributed by atoms with Crippen LogP contribution in [0.5, 0.6) is 11.6 Å². The molecule has 2 fully saturated rings. The number of esters is 1. The van der Waals surface area contributed by atoms with E-state index in [1.807, 2.05) is 39.0 Å². The first-order valence-electron chi connectivity index (χ1n) is 15.5. The molecule has 2 aromatic rings. The van der Waals surface area contributed by atoms with E-state index in [4.69, 9.17) is 28.9 Å². The summed E-state index contributed by atoms with van der Waals surface area (Å²) in [4.78, 5) is 51.4. The van der Waals surface area contributed by atoms with Crippen molar-refractivity contribution in [3.63, 3.8) is 0 Å². The molecule has 1 aliphatic carbocycles. The maximum atomic E-state index is 14.1. The minimum absolute atomic E-state index is 0.102. The van der Waals surface area contributed by atoms with Crippen LogP contribution in [-0.2, 0) is 19.1 Å². The quantitative estimate of drug-likeness (QED) is 0.473. The van der Waals surface area contributed by atoms with Gasteiger partial charge in [-0.3, -0.25) is 4.79 Å². The van der Waals surface area contributed by atoms with Crippen LogP contribution in [0.2, 0.25) is 0 Å². The van der Waals surface area contributed by atoms with Gasteiger partial charge in [0.05, 0.1) is 31.8 Å². The largest absolute Gasteiger partial charge is 0.497 e. The fourth-order valence-electron chi connectivity index (χ4n) is 6.61. The second kappa shape index (κ2) is 13.0. The smallest absolute Gasteiger partial charge is 0.408 e. The van der Waals surface area contributed by atoms with Gasteiger partial charge in [-0.1, -0.05) is 33.8 Å². The molecule has 3 heterocycles. The highest BCUT2D eigenvalue weighted by Crippen LogP contribution is 2.38. The molecule has 1 saturated heterocycles. The van der Waals surface area contributed by atoms with Crippen molar-refractivity contribution in [3.8, 4) is 11.6 Å². The number of fused-ring (bicyclic) bond motifs is 5. The number of hydrogen-bond acceptors (Lipinski definition) is 9. The molecule has 1 saturated carbocycles. The van der Waals surface area contributed by atoms with Crippen LogP contribution < -0.4 is 14.8 Å². The Labute approximate surface area is 258 Å². The maximum Gasteiger partial charge on any atom is 0.408 e. The lowest BCUT2D eigenvalue weighted by Crippen LogP contribution is -2.57. The molecule has 0 spiro atoms. The van der Waals surface area contributed by atoms with Crippen LogP contribution in [0.3, 0.4) is 0 Å². The molecule has 1 aromatic heterocycles. The molecule has 11 nitrogen and oxygen atoms in total. The molecule has 44 heavy (non-hydrogen) atoms. The van der Waals surface area contributed by atoms with Gasteiger partial charge in [0.1, 0.15) is 35.7 Å². The van der Waals surface area contributed by atoms with Gasteiger partial charge >= 0.3 is 12.1 Å². The van der Waals surface area contributed by atoms with Gasteiger partial charge in [-0.15, -0.1) is 0 Å². The first-order chi connectivity index (χ1) is 21.0. The summed E-state index contributed by atoms with van der Waals surface area (Å²) in [7, 11) is 2.88. The van der Waals surface area contributed by atoms with E-state index in [2.05, 4.69) is 18.3 Å². The summed E-state index contributed by atoms with van der Waals surface area (Å²) in [6.07, 6.45) is 7.19. The molecular weight excluding hydrogens is 564 g/mol. The average Bonchev–Trinajstić information content (AvgIpc) is 3.56. The summed E-state index contributed by atoms with van der Waals surface area (Å²) in [5, 5.41) is 2.85. The number of amides is 2. The molecule has 238 valence electrons. The number of alkyl carbamates (subject to hydrolysis) is 1. The van der Waals surface area contributed by atoms with Gasteiger partial charge in [-0.2, -0.15) is 0 Å². The van der Waals surface area contributed by atoms with E-state index < -0.39 is 41.6 Å². The van der Waals surface area contributed by atoms with Gasteiger partial charge in [0, 0.05) is 12.5 Å². The maximum absolute atomic E-state index is 14.1. The lowest BCUT2D eigenvalue weighted by atomic mass is 9.85. The van der Waals surface area contributed by atoms with Crippen LogP contribution in [0.4, 0.5) is 4.79 Å². The molecule has 0 unspecified atom stereocenters. The highest BCUT2D eigenvalue weighted by atomic mass is 16.6. The van der Waals surface area contributed by atoms with Crippen LogP contribution in [0.15, 0.2) is 24.3 Å². The van der Waals surface area contributed by atoms with Gasteiger partial charge in [-0.05, 0) is 67.6 Å². The molecule has 2 aliphatic heterocycles. The Morgan fingerprint density at radius 2 is 1.86 bits per heavy atom. The van der Waals surface area contributed by atoms with Crippen LogP contribution >= 0.6 is 0 Å². The highest BCUT2D eigenvalue weighted by molar-refractivity contribution is 5.91. The summed E-state index contributed by atoms with van der Waals surface area (Å²) in [6.45, 7) is 7.92. The van der Waals surface area contributed by atoms with Gasteiger partial charge in [0.2, 0.25) is 11.8 Å². The number of aromatic nitrogens is 2. The van der Waals surface area contributed by atoms with Crippen molar-refractivity contribution in [3.05, 3.63) is 30.0 Å². The number of benzene rings is 1. The molecule has 2 bridgehead atoms. The Hall–Kier alpha value is -3.89. The van der Waals surface area contributed by atoms with Crippen LogP contribution in [-0.4, -0.2) is 77.9 Å². The van der Waals surface area contributed by atoms with E-state index in [0.29, 0.717) is 34.3 Å². The van der Waals surface area contributed by atoms with Gasteiger partial charge < -0.3 is 29.2 Å². The average molecular weight is 609 g/mol. The van der Waals surface area contributed by atoms with Crippen molar-refractivity contribution in [2.75, 3.05) is 20.8 Å². The zero-order chi connectivity index (χ0) is 31.6. The number of allylic oxidation sites excluding steroid dienone is 1. The minimum Gasteiger partial charge on any atom is -0.497 e. The van der Waals surface area contributed by atoms with Crippen molar-refractivity contribution < 1.29 is 33.3 Å². The summed E-state index contributed by atoms with van der Waals surface area (Å²) < 4.78 is 22.8. The Morgan fingerprint density at radius 3 is 2.59 bits per heavy atom. The monoisotopic (exact) mass is 608 g/mol. The summed E-state index contributed by atoms with van der Waals surface area (Å²) in [5.74, 6) is 0.655. The van der Waals surface area contributed by atoms with Gasteiger partial charge in [-0.25, -0.2) is 19.6 Å². The van der Waals surface area contributed by atoms with Crippen LogP contribution in [0, 0.1) is 17.3 Å². The van der Waals surface area contributed by atoms with Crippen LogP contribution in [0.25, 0.3) is 17.1 Å². The lowest BCUT2D eigenvalue weighted by Gasteiger charge is -2.35. The number of carbonyl (C=O) groups excluding carboxylic acids is 3. The van der Waals surface area contributed by atoms with Gasteiger partial charge in [0.25, 0.3) is 0 Å². The third-order valence-electron chi connectivity index (χ3n) is 9.09. The number of rotatable bonds is 2. The van der Waals surface area contributed by atoms with E-state index in [-0.39, 0.29) is 25.0 Å². The van der Waals surface area contributed by atoms with Crippen molar-refractivity contribution in [2.24, 2.45) is 17.3 Å². The Balaban J connectivity index is 1.54. The molecule has 1 N–H and O–H groups in total. The summed E-state index contributed by atoms with van der Waals surface area (Å²) in [5.41, 5.74) is 1.20. The molecule has 1 aromatic carbocycles. The normalized spacial score (nSPS) is 28.9. The third-order valence-corrected chi connectivity index (χ3v) is 9.09. The van der Waals surface area contributed by atoms with E-state index in [1.165, 1.54) is 12.0 Å². The number of nitrogens with zero attached hydrogens (tertiary/aromatic N) is 3. The van der Waals surface area contributed by atoms with Crippen LogP contribution in [0.1, 0.15) is 71.9 Å². The molecule has 2 amide bonds. The first kappa shape index (κ1) is 31.5. The SMILES string of the molecule is COC(=O)[C@@H]1C[C@@H]2CN1C(=O)[C@H](C(C)(C)C)NC(=O)O[C@@H]1CC[C@H](C)[C@H]1CCC/C=C/c1nc3ccc(OC)cc3nc1O2. The molecule has 3 aliphatic rings.